The Labute approximate surface area is 189 Å². The summed E-state index contributed by atoms with van der Waals surface area (Å²) in [6.07, 6.45) is 5.39. The van der Waals surface area contributed by atoms with E-state index >= 15 is 0 Å². The van der Waals surface area contributed by atoms with Crippen molar-refractivity contribution in [2.75, 3.05) is 17.1 Å². The smallest absolute Gasteiger partial charge is 0.262 e. The average Bonchev–Trinajstić information content (AvgIpc) is 3.29. The highest BCUT2D eigenvalue weighted by Gasteiger charge is 2.38. The molecule has 1 aliphatic heterocycles. The van der Waals surface area contributed by atoms with E-state index in [2.05, 4.69) is 53.4 Å². The first kappa shape index (κ1) is 20.6. The van der Waals surface area contributed by atoms with Crippen molar-refractivity contribution in [2.45, 2.75) is 30.2 Å². The van der Waals surface area contributed by atoms with E-state index in [1.54, 1.807) is 36.4 Å². The Balaban J connectivity index is 1.49. The molecule has 32 heavy (non-hydrogen) atoms. The summed E-state index contributed by atoms with van der Waals surface area (Å²) in [4.78, 5) is 0.247. The molecule has 0 fully saturated rings. The summed E-state index contributed by atoms with van der Waals surface area (Å²) in [5.41, 5.74) is 4.93. The summed E-state index contributed by atoms with van der Waals surface area (Å²) in [7, 11) is -2.24. The molecule has 2 N–H and O–H groups in total. The minimum Gasteiger partial charge on any atom is -0.495 e. The number of ether oxygens (including phenoxy) is 1. The zero-order valence-corrected chi connectivity index (χ0v) is 18.9. The number of hydrogen-bond acceptors (Lipinski definition) is 4. The van der Waals surface area contributed by atoms with Crippen LogP contribution in [-0.2, 0) is 10.0 Å². The van der Waals surface area contributed by atoms with E-state index in [1.807, 2.05) is 6.07 Å². The second-order valence-electron chi connectivity index (χ2n) is 8.44. The van der Waals surface area contributed by atoms with Crippen molar-refractivity contribution in [1.82, 2.24) is 0 Å². The van der Waals surface area contributed by atoms with Gasteiger partial charge in [0.25, 0.3) is 10.0 Å². The lowest BCUT2D eigenvalue weighted by molar-refractivity contribution is 0.417. The Kier molecular flexibility index (Phi) is 5.18. The molecule has 3 aromatic carbocycles. The summed E-state index contributed by atoms with van der Waals surface area (Å²) in [6.45, 7) is 2.09. The molecule has 3 aromatic rings. The van der Waals surface area contributed by atoms with E-state index in [4.69, 9.17) is 4.74 Å². The molecule has 2 aliphatic rings. The number of benzene rings is 3. The van der Waals surface area contributed by atoms with Gasteiger partial charge in [0, 0.05) is 11.6 Å². The Morgan fingerprint density at radius 2 is 1.81 bits per heavy atom. The van der Waals surface area contributed by atoms with Crippen LogP contribution in [0.2, 0.25) is 0 Å². The maximum Gasteiger partial charge on any atom is 0.262 e. The molecular weight excluding hydrogens is 420 g/mol. The van der Waals surface area contributed by atoms with Crippen molar-refractivity contribution >= 4 is 21.4 Å². The Morgan fingerprint density at radius 3 is 2.59 bits per heavy atom. The highest BCUT2D eigenvalue weighted by Crippen LogP contribution is 2.50. The first-order valence-electron chi connectivity index (χ1n) is 10.8. The second kappa shape index (κ2) is 8.02. The molecule has 0 spiro atoms. The lowest BCUT2D eigenvalue weighted by Gasteiger charge is -2.37. The number of anilines is 2. The fraction of sp³-hybridized carbons (Fsp3) is 0.231. The minimum atomic E-state index is -3.76. The Morgan fingerprint density at radius 1 is 1.03 bits per heavy atom. The summed E-state index contributed by atoms with van der Waals surface area (Å²) >= 11 is 0. The van der Waals surface area contributed by atoms with Crippen molar-refractivity contribution in [3.63, 3.8) is 0 Å². The quantitative estimate of drug-likeness (QED) is 0.499. The van der Waals surface area contributed by atoms with Crippen LogP contribution in [0.15, 0.2) is 83.8 Å². The van der Waals surface area contributed by atoms with Crippen LogP contribution in [-0.4, -0.2) is 15.5 Å². The molecule has 0 saturated carbocycles. The van der Waals surface area contributed by atoms with Crippen molar-refractivity contribution in [3.8, 4) is 5.75 Å². The molecular formula is C26H26N2O3S. The van der Waals surface area contributed by atoms with Gasteiger partial charge < -0.3 is 10.1 Å². The standard InChI is InChI=1S/C26H26N2O3S/c1-17-10-12-18(13-11-17)26-21-7-5-6-20(21)22-16-19(14-15-23(22)27-26)32(29,30)28-24-8-3-4-9-25(24)31-2/h3-6,8-16,20-21,26-28H,7H2,1-2H3/t20-,21+,26+/m0/s1. The van der Waals surface area contributed by atoms with E-state index in [-0.39, 0.29) is 16.9 Å². The average molecular weight is 447 g/mol. The third-order valence-electron chi connectivity index (χ3n) is 6.43. The van der Waals surface area contributed by atoms with Gasteiger partial charge in [-0.2, -0.15) is 0 Å². The summed E-state index contributed by atoms with van der Waals surface area (Å²) < 4.78 is 34.3. The van der Waals surface area contributed by atoms with Gasteiger partial charge in [0.15, 0.2) is 0 Å². The van der Waals surface area contributed by atoms with Crippen LogP contribution in [0.3, 0.4) is 0 Å². The molecule has 6 heteroatoms. The van der Waals surface area contributed by atoms with E-state index in [1.165, 1.54) is 18.2 Å². The lowest BCUT2D eigenvalue weighted by Crippen LogP contribution is -2.29. The van der Waals surface area contributed by atoms with Gasteiger partial charge in [0.05, 0.1) is 23.7 Å². The highest BCUT2D eigenvalue weighted by molar-refractivity contribution is 7.92. The molecule has 0 unspecified atom stereocenters. The van der Waals surface area contributed by atoms with Gasteiger partial charge in [-0.15, -0.1) is 0 Å². The fourth-order valence-electron chi connectivity index (χ4n) is 4.78. The molecule has 1 heterocycles. The number of rotatable bonds is 5. The van der Waals surface area contributed by atoms with Crippen molar-refractivity contribution in [1.29, 1.82) is 0 Å². The maximum atomic E-state index is 13.2. The topological polar surface area (TPSA) is 67.4 Å². The minimum absolute atomic E-state index is 0.180. The number of methoxy groups -OCH3 is 1. The van der Waals surface area contributed by atoms with Gasteiger partial charge in [0.1, 0.15) is 5.75 Å². The largest absolute Gasteiger partial charge is 0.495 e. The second-order valence-corrected chi connectivity index (χ2v) is 10.1. The number of allylic oxidation sites excluding steroid dienone is 2. The number of fused-ring (bicyclic) bond motifs is 3. The molecule has 3 atom stereocenters. The summed E-state index contributed by atoms with van der Waals surface area (Å²) in [6, 6.07) is 21.2. The van der Waals surface area contributed by atoms with Crippen LogP contribution < -0.4 is 14.8 Å². The van der Waals surface area contributed by atoms with Gasteiger partial charge in [-0.3, -0.25) is 4.72 Å². The van der Waals surface area contributed by atoms with E-state index in [0.717, 1.165) is 17.7 Å². The Bertz CT molecular complexity index is 1280. The SMILES string of the molecule is COc1ccccc1NS(=O)(=O)c1ccc2c(c1)[C@H]1C=CC[C@H]1[C@@H](c1ccc(C)cc1)N2. The number of aryl methyl sites for hydroxylation is 1. The normalized spacial score (nSPS) is 21.4. The molecule has 0 saturated heterocycles. The van der Waals surface area contributed by atoms with E-state index < -0.39 is 10.0 Å². The van der Waals surface area contributed by atoms with Crippen molar-refractivity contribution in [3.05, 3.63) is 95.6 Å². The lowest BCUT2D eigenvalue weighted by atomic mass is 9.77. The predicted molar refractivity (Wildman–Crippen MR) is 128 cm³/mol. The third-order valence-corrected chi connectivity index (χ3v) is 7.80. The van der Waals surface area contributed by atoms with Crippen molar-refractivity contribution in [2.24, 2.45) is 5.92 Å². The first-order chi connectivity index (χ1) is 15.5. The van der Waals surface area contributed by atoms with Crippen LogP contribution in [0.25, 0.3) is 0 Å². The van der Waals surface area contributed by atoms with Gasteiger partial charge in [-0.25, -0.2) is 8.42 Å². The fourth-order valence-corrected chi connectivity index (χ4v) is 5.88. The number of hydrogen-bond donors (Lipinski definition) is 2. The van der Waals surface area contributed by atoms with Crippen LogP contribution >= 0.6 is 0 Å². The van der Waals surface area contributed by atoms with Crippen LogP contribution in [0.5, 0.6) is 5.75 Å². The molecule has 1 aliphatic carbocycles. The van der Waals surface area contributed by atoms with Crippen molar-refractivity contribution < 1.29 is 13.2 Å². The monoisotopic (exact) mass is 446 g/mol. The molecule has 0 radical (unpaired) electrons. The van der Waals surface area contributed by atoms with Gasteiger partial charge >= 0.3 is 0 Å². The van der Waals surface area contributed by atoms with Crippen LogP contribution in [0.4, 0.5) is 11.4 Å². The molecule has 5 rings (SSSR count). The molecule has 0 amide bonds. The highest BCUT2D eigenvalue weighted by atomic mass is 32.2. The zero-order chi connectivity index (χ0) is 22.3. The maximum absolute atomic E-state index is 13.2. The van der Waals surface area contributed by atoms with Gasteiger partial charge in [-0.1, -0.05) is 54.1 Å². The molecule has 0 bridgehead atoms. The molecule has 0 aromatic heterocycles. The number of sulfonamides is 1. The van der Waals surface area contributed by atoms with Gasteiger partial charge in [-0.05, 0) is 60.7 Å². The molecule has 164 valence electrons. The third kappa shape index (κ3) is 3.65. The van der Waals surface area contributed by atoms with Crippen LogP contribution in [0.1, 0.15) is 35.1 Å². The predicted octanol–water partition coefficient (Wildman–Crippen LogP) is 5.63. The summed E-state index contributed by atoms with van der Waals surface area (Å²) in [5, 5.41) is 3.68. The molecule has 5 nitrogen and oxygen atoms in total. The number of para-hydroxylation sites is 2. The van der Waals surface area contributed by atoms with Crippen LogP contribution in [0, 0.1) is 12.8 Å². The first-order valence-corrected chi connectivity index (χ1v) is 12.2. The zero-order valence-electron chi connectivity index (χ0n) is 18.1. The Hall–Kier alpha value is -3.25. The van der Waals surface area contributed by atoms with Gasteiger partial charge in [0.2, 0.25) is 0 Å². The van der Waals surface area contributed by atoms with E-state index in [0.29, 0.717) is 17.4 Å². The number of nitrogens with one attached hydrogen (secondary N) is 2. The van der Waals surface area contributed by atoms with E-state index in [9.17, 15) is 8.42 Å². The summed E-state index contributed by atoms with van der Waals surface area (Å²) in [5.74, 6) is 1.01.